The molecule has 3 N–H and O–H groups in total. The maximum Gasteiger partial charge on any atom is 0.127 e. The maximum atomic E-state index is 8.96. The number of allylic oxidation sites excluding steroid dienone is 5. The van der Waals surface area contributed by atoms with Crippen molar-refractivity contribution in [3.8, 4) is 11.1 Å². The lowest BCUT2D eigenvalue weighted by Gasteiger charge is -2.31. The molecule has 2 atom stereocenters. The first-order chi connectivity index (χ1) is 18.3. The quantitative estimate of drug-likeness (QED) is 0.362. The van der Waals surface area contributed by atoms with E-state index < -0.39 is 0 Å². The smallest absolute Gasteiger partial charge is 0.127 e. The second-order valence-electron chi connectivity index (χ2n) is 12.1. The first-order valence-corrected chi connectivity index (χ1v) is 14.3. The van der Waals surface area contributed by atoms with Crippen molar-refractivity contribution in [2.75, 3.05) is 0 Å². The minimum absolute atomic E-state index is 0.218. The molecule has 1 aliphatic heterocycles. The highest BCUT2D eigenvalue weighted by molar-refractivity contribution is 6.17. The lowest BCUT2D eigenvalue weighted by molar-refractivity contribution is 0.393. The van der Waals surface area contributed by atoms with E-state index in [1.54, 1.807) is 0 Å². The zero-order valence-corrected chi connectivity index (χ0v) is 25.6. The van der Waals surface area contributed by atoms with Gasteiger partial charge in [-0.2, -0.15) is 0 Å². The number of hydrogen-bond donors (Lipinski definition) is 2. The van der Waals surface area contributed by atoms with Crippen molar-refractivity contribution in [2.45, 2.75) is 93.8 Å². The minimum atomic E-state index is -0.310. The van der Waals surface area contributed by atoms with Crippen molar-refractivity contribution in [2.24, 2.45) is 16.1 Å². The van der Waals surface area contributed by atoms with E-state index in [4.69, 9.17) is 16.1 Å². The van der Waals surface area contributed by atoms with E-state index in [9.17, 15) is 0 Å². The van der Waals surface area contributed by atoms with Gasteiger partial charge in [-0.05, 0) is 80.2 Å². The number of nitrogens with zero attached hydrogens (tertiary/aromatic N) is 2. The van der Waals surface area contributed by atoms with Crippen LogP contribution in [0, 0.1) is 10.8 Å². The molecule has 2 unspecified atom stereocenters. The number of benzene rings is 2. The van der Waals surface area contributed by atoms with E-state index in [0.29, 0.717) is 5.84 Å². The summed E-state index contributed by atoms with van der Waals surface area (Å²) in [5.74, 6) is 0.462. The fourth-order valence-electron chi connectivity index (χ4n) is 5.33. The predicted octanol–water partition coefficient (Wildman–Crippen LogP) is 8.99. The van der Waals surface area contributed by atoms with Crippen LogP contribution in [-0.4, -0.2) is 28.7 Å². The maximum absolute atomic E-state index is 8.96. The van der Waals surface area contributed by atoms with Gasteiger partial charge in [-0.1, -0.05) is 95.3 Å². The Kier molecular flexibility index (Phi) is 9.55. The largest absolute Gasteiger partial charge is 0.316 e. The van der Waals surface area contributed by atoms with Crippen LogP contribution in [0.5, 0.6) is 0 Å². The van der Waals surface area contributed by atoms with Crippen molar-refractivity contribution in [1.29, 1.82) is 5.41 Å². The summed E-state index contributed by atoms with van der Waals surface area (Å²) in [5.41, 5.74) is 17.9. The normalized spacial score (nSPS) is 18.0. The average Bonchev–Trinajstić information content (AvgIpc) is 3.00. The van der Waals surface area contributed by atoms with E-state index in [-0.39, 0.29) is 17.6 Å². The molecule has 2 aromatic rings. The fourth-order valence-corrected chi connectivity index (χ4v) is 5.33. The van der Waals surface area contributed by atoms with Crippen molar-refractivity contribution < 1.29 is 0 Å². The van der Waals surface area contributed by atoms with Gasteiger partial charge in [0.2, 0.25) is 0 Å². The highest BCUT2D eigenvalue weighted by atomic mass is 15.3. The first-order valence-electron chi connectivity index (χ1n) is 14.3. The van der Waals surface area contributed by atoms with Gasteiger partial charge in [-0.3, -0.25) is 10.4 Å². The third-order valence-electron chi connectivity index (χ3n) is 7.69. The molecule has 0 fully saturated rings. The SMILES string of the molecule is C=C(CC(C)(C)C)c1ccc(-c2ccc(C3=NC(CC)C(=N)N(C(C)N)C(C)=C3/C(C)=C(\C)CC)cc2)cc1. The van der Waals surface area contributed by atoms with Gasteiger partial charge >= 0.3 is 0 Å². The zero-order chi connectivity index (χ0) is 29.1. The van der Waals surface area contributed by atoms with Gasteiger partial charge in [-0.25, -0.2) is 0 Å². The number of nitrogens with two attached hydrogens (primary N) is 1. The molecule has 4 nitrogen and oxygen atoms in total. The lowest BCUT2D eigenvalue weighted by atomic mass is 9.85. The van der Waals surface area contributed by atoms with Gasteiger partial charge in [0.1, 0.15) is 11.9 Å². The number of nitrogens with one attached hydrogen (secondary N) is 1. The van der Waals surface area contributed by atoms with Crippen LogP contribution < -0.4 is 5.73 Å². The molecule has 4 heteroatoms. The number of hydrogen-bond acceptors (Lipinski definition) is 3. The summed E-state index contributed by atoms with van der Waals surface area (Å²) >= 11 is 0. The zero-order valence-electron chi connectivity index (χ0n) is 25.6. The number of aliphatic imine (C=N–C) groups is 1. The Labute approximate surface area is 236 Å². The third-order valence-corrected chi connectivity index (χ3v) is 7.69. The summed E-state index contributed by atoms with van der Waals surface area (Å²) in [7, 11) is 0. The number of rotatable bonds is 8. The third kappa shape index (κ3) is 6.86. The Morgan fingerprint density at radius 3 is 1.97 bits per heavy atom. The predicted molar refractivity (Wildman–Crippen MR) is 170 cm³/mol. The highest BCUT2D eigenvalue weighted by Crippen LogP contribution is 2.33. The molecule has 0 aliphatic carbocycles. The standard InChI is InChI=1S/C35H48N4/c1-11-22(3)24(5)32-25(6)39(26(7)36)34(37)31(12-2)38-33(32)30-19-17-29(18-20-30)28-15-13-27(14-16-28)23(4)21-35(8,9)10/h13-20,26,31,37H,4,11-12,21,36H2,1-3,5-10H3/b24-22+,37-34?. The van der Waals surface area contributed by atoms with Crippen molar-refractivity contribution in [3.63, 3.8) is 0 Å². The van der Waals surface area contributed by atoms with Crippen LogP contribution in [-0.2, 0) is 0 Å². The van der Waals surface area contributed by atoms with Gasteiger partial charge in [0, 0.05) is 16.8 Å². The summed E-state index contributed by atoms with van der Waals surface area (Å²) in [6.45, 7) is 23.7. The van der Waals surface area contributed by atoms with Gasteiger partial charge in [0.15, 0.2) is 0 Å². The van der Waals surface area contributed by atoms with Crippen molar-refractivity contribution in [1.82, 2.24) is 4.90 Å². The molecule has 0 radical (unpaired) electrons. The Balaban J connectivity index is 2.06. The van der Waals surface area contributed by atoms with Gasteiger partial charge in [0.25, 0.3) is 0 Å². The Morgan fingerprint density at radius 1 is 1.00 bits per heavy atom. The highest BCUT2D eigenvalue weighted by Gasteiger charge is 2.31. The summed E-state index contributed by atoms with van der Waals surface area (Å²) in [4.78, 5) is 7.16. The molecule has 0 saturated heterocycles. The minimum Gasteiger partial charge on any atom is -0.316 e. The van der Waals surface area contributed by atoms with E-state index in [1.165, 1.54) is 27.8 Å². The molecular weight excluding hydrogens is 476 g/mol. The second kappa shape index (κ2) is 12.3. The lowest BCUT2D eigenvalue weighted by Crippen LogP contribution is -2.46. The fraction of sp³-hybridized carbons (Fsp3) is 0.429. The van der Waals surface area contributed by atoms with E-state index in [0.717, 1.165) is 47.4 Å². The summed E-state index contributed by atoms with van der Waals surface area (Å²) < 4.78 is 0. The molecule has 0 bridgehead atoms. The Morgan fingerprint density at radius 2 is 1.51 bits per heavy atom. The van der Waals surface area contributed by atoms with Crippen LogP contribution in [0.2, 0.25) is 0 Å². The molecular formula is C35H48N4. The summed E-state index contributed by atoms with van der Waals surface area (Å²) in [5, 5.41) is 8.96. The van der Waals surface area contributed by atoms with E-state index in [1.807, 2.05) is 11.8 Å². The van der Waals surface area contributed by atoms with Gasteiger partial charge < -0.3 is 10.6 Å². The molecule has 0 spiro atoms. The van der Waals surface area contributed by atoms with Crippen LogP contribution >= 0.6 is 0 Å². The van der Waals surface area contributed by atoms with E-state index in [2.05, 4.69) is 110 Å². The van der Waals surface area contributed by atoms with Crippen LogP contribution in [0.3, 0.4) is 0 Å². The monoisotopic (exact) mass is 524 g/mol. The van der Waals surface area contributed by atoms with Gasteiger partial charge in [0.05, 0.1) is 11.9 Å². The molecule has 39 heavy (non-hydrogen) atoms. The molecule has 0 aromatic heterocycles. The molecule has 208 valence electrons. The van der Waals surface area contributed by atoms with Crippen LogP contribution in [0.15, 0.2) is 82.5 Å². The molecule has 0 saturated carbocycles. The van der Waals surface area contributed by atoms with E-state index >= 15 is 0 Å². The second-order valence-corrected chi connectivity index (χ2v) is 12.1. The molecule has 2 aromatic carbocycles. The molecule has 1 aliphatic rings. The van der Waals surface area contributed by atoms with Crippen LogP contribution in [0.25, 0.3) is 16.7 Å². The van der Waals surface area contributed by atoms with Crippen LogP contribution in [0.4, 0.5) is 0 Å². The van der Waals surface area contributed by atoms with Crippen molar-refractivity contribution in [3.05, 3.63) is 88.7 Å². The number of amidine groups is 1. The average molecular weight is 525 g/mol. The first kappa shape index (κ1) is 30.3. The van der Waals surface area contributed by atoms with Crippen LogP contribution in [0.1, 0.15) is 92.7 Å². The molecule has 3 rings (SSSR count). The topological polar surface area (TPSA) is 65.5 Å². The molecule has 0 amide bonds. The summed E-state index contributed by atoms with van der Waals surface area (Å²) in [6.07, 6.45) is 2.36. The Hall–Kier alpha value is -3.24. The molecule has 1 heterocycles. The van der Waals surface area contributed by atoms with Gasteiger partial charge in [-0.15, -0.1) is 0 Å². The van der Waals surface area contributed by atoms with Crippen molar-refractivity contribution >= 4 is 17.1 Å². The Bertz CT molecular complexity index is 1300. The summed E-state index contributed by atoms with van der Waals surface area (Å²) in [6, 6.07) is 17.2.